The Morgan fingerprint density at radius 2 is 1.93 bits per heavy atom. The van der Waals surface area contributed by atoms with E-state index in [0.29, 0.717) is 24.7 Å². The molecule has 0 radical (unpaired) electrons. The maximum absolute atomic E-state index is 9.48. The van der Waals surface area contributed by atoms with Crippen molar-refractivity contribution in [1.29, 1.82) is 5.26 Å². The predicted octanol–water partition coefficient (Wildman–Crippen LogP) is 4.46. The maximum Gasteiger partial charge on any atom is 0.234 e. The number of aromatic nitrogens is 3. The minimum Gasteiger partial charge on any atom is -0.376 e. The molecule has 1 aliphatic heterocycles. The molecule has 0 saturated carbocycles. The Bertz CT molecular complexity index is 1270. The smallest absolute Gasteiger partial charge is 0.234 e. The fourth-order valence-electron chi connectivity index (χ4n) is 4.22. The fraction of sp³-hybridized carbons (Fsp3) is 0.240. The number of aryl methyl sites for hydroxylation is 3. The number of ether oxygens (including phenoxy) is 1. The highest BCUT2D eigenvalue weighted by Crippen LogP contribution is 2.27. The summed E-state index contributed by atoms with van der Waals surface area (Å²) in [6.45, 7) is 3.30. The van der Waals surface area contributed by atoms with Crippen molar-refractivity contribution < 1.29 is 4.74 Å². The third-order valence-electron chi connectivity index (χ3n) is 5.74. The SMILES string of the molecule is Cc1cc2c(C#N)cccc2n1-c1nc2c(c(CCc3ccccc3)n1)COCC2. The van der Waals surface area contributed by atoms with Gasteiger partial charge in [0.2, 0.25) is 5.95 Å². The monoisotopic (exact) mass is 394 g/mol. The predicted molar refractivity (Wildman–Crippen MR) is 116 cm³/mol. The van der Waals surface area contributed by atoms with Gasteiger partial charge < -0.3 is 4.74 Å². The Morgan fingerprint density at radius 3 is 2.77 bits per heavy atom. The lowest BCUT2D eigenvalue weighted by molar-refractivity contribution is 0.108. The van der Waals surface area contributed by atoms with Crippen LogP contribution in [0.2, 0.25) is 0 Å². The molecule has 0 amide bonds. The van der Waals surface area contributed by atoms with Crippen LogP contribution < -0.4 is 0 Å². The van der Waals surface area contributed by atoms with E-state index in [-0.39, 0.29) is 0 Å². The Morgan fingerprint density at radius 1 is 1.07 bits per heavy atom. The van der Waals surface area contributed by atoms with E-state index in [1.807, 2.05) is 37.3 Å². The maximum atomic E-state index is 9.48. The zero-order valence-electron chi connectivity index (χ0n) is 16.9. The number of benzene rings is 2. The van der Waals surface area contributed by atoms with Gasteiger partial charge in [-0.3, -0.25) is 4.57 Å². The summed E-state index contributed by atoms with van der Waals surface area (Å²) in [6.07, 6.45) is 2.56. The van der Waals surface area contributed by atoms with Crippen molar-refractivity contribution in [3.05, 3.63) is 88.4 Å². The molecule has 0 atom stereocenters. The molecular formula is C25H22N4O. The largest absolute Gasteiger partial charge is 0.376 e. The van der Waals surface area contributed by atoms with Crippen LogP contribution in [0, 0.1) is 18.3 Å². The number of nitrogens with zero attached hydrogens (tertiary/aromatic N) is 4. The first-order valence-electron chi connectivity index (χ1n) is 10.3. The summed E-state index contributed by atoms with van der Waals surface area (Å²) >= 11 is 0. The molecule has 4 aromatic rings. The van der Waals surface area contributed by atoms with E-state index in [2.05, 4.69) is 34.9 Å². The molecule has 0 bridgehead atoms. The fourth-order valence-corrected chi connectivity index (χ4v) is 4.22. The van der Waals surface area contributed by atoms with Crippen molar-refractivity contribution in [3.8, 4) is 12.0 Å². The molecule has 1 aliphatic rings. The molecule has 148 valence electrons. The molecule has 2 aromatic heterocycles. The zero-order valence-corrected chi connectivity index (χ0v) is 16.9. The topological polar surface area (TPSA) is 63.7 Å². The van der Waals surface area contributed by atoms with Crippen molar-refractivity contribution >= 4 is 10.9 Å². The van der Waals surface area contributed by atoms with Crippen molar-refractivity contribution in [2.45, 2.75) is 32.8 Å². The van der Waals surface area contributed by atoms with Crippen LogP contribution in [-0.2, 0) is 30.6 Å². The van der Waals surface area contributed by atoms with Crippen LogP contribution in [0.1, 0.15) is 33.8 Å². The highest BCUT2D eigenvalue weighted by atomic mass is 16.5. The van der Waals surface area contributed by atoms with Gasteiger partial charge in [-0.25, -0.2) is 9.97 Å². The number of hydrogen-bond acceptors (Lipinski definition) is 4. The van der Waals surface area contributed by atoms with Crippen LogP contribution in [0.25, 0.3) is 16.9 Å². The van der Waals surface area contributed by atoms with Gasteiger partial charge in [-0.15, -0.1) is 0 Å². The van der Waals surface area contributed by atoms with Gasteiger partial charge in [0.15, 0.2) is 0 Å². The summed E-state index contributed by atoms with van der Waals surface area (Å²) in [7, 11) is 0. The number of hydrogen-bond donors (Lipinski definition) is 0. The second-order valence-electron chi connectivity index (χ2n) is 7.66. The van der Waals surface area contributed by atoms with Crippen LogP contribution in [0.15, 0.2) is 54.6 Å². The van der Waals surface area contributed by atoms with Gasteiger partial charge in [0.25, 0.3) is 0 Å². The lowest BCUT2D eigenvalue weighted by Gasteiger charge is -2.20. The Hall–Kier alpha value is -3.49. The molecule has 2 aromatic carbocycles. The van der Waals surface area contributed by atoms with E-state index in [9.17, 15) is 5.26 Å². The summed E-state index contributed by atoms with van der Waals surface area (Å²) in [5, 5.41) is 10.4. The first kappa shape index (κ1) is 18.5. The third-order valence-corrected chi connectivity index (χ3v) is 5.74. The van der Waals surface area contributed by atoms with Crippen LogP contribution in [0.4, 0.5) is 0 Å². The van der Waals surface area contributed by atoms with E-state index in [1.54, 1.807) is 0 Å². The normalized spacial score (nSPS) is 13.2. The second-order valence-corrected chi connectivity index (χ2v) is 7.66. The molecule has 0 aliphatic carbocycles. The Balaban J connectivity index is 1.62. The van der Waals surface area contributed by atoms with E-state index in [0.717, 1.165) is 52.8 Å². The van der Waals surface area contributed by atoms with Crippen LogP contribution in [-0.4, -0.2) is 21.1 Å². The van der Waals surface area contributed by atoms with Gasteiger partial charge in [-0.05, 0) is 43.5 Å². The van der Waals surface area contributed by atoms with Gasteiger partial charge in [-0.2, -0.15) is 5.26 Å². The van der Waals surface area contributed by atoms with Crippen LogP contribution >= 0.6 is 0 Å². The Labute approximate surface area is 175 Å². The standard InChI is InChI=1S/C25H22N4O/c1-17-14-20-19(15-26)8-5-9-24(20)29(17)25-27-22(11-10-18-6-3-2-4-7-18)21-16-30-13-12-23(21)28-25/h2-9,14H,10-13,16H2,1H3. The van der Waals surface area contributed by atoms with Crippen molar-refractivity contribution in [2.75, 3.05) is 6.61 Å². The van der Waals surface area contributed by atoms with Crippen molar-refractivity contribution in [1.82, 2.24) is 14.5 Å². The van der Waals surface area contributed by atoms with Crippen LogP contribution in [0.3, 0.4) is 0 Å². The Kier molecular flexibility index (Phi) is 4.78. The molecule has 0 unspecified atom stereocenters. The molecule has 0 N–H and O–H groups in total. The average Bonchev–Trinajstić information content (AvgIpc) is 3.13. The molecular weight excluding hydrogens is 372 g/mol. The molecule has 0 spiro atoms. The average molecular weight is 394 g/mol. The minimum absolute atomic E-state index is 0.573. The summed E-state index contributed by atoms with van der Waals surface area (Å²) in [4.78, 5) is 9.93. The zero-order chi connectivity index (χ0) is 20.5. The molecule has 5 nitrogen and oxygen atoms in total. The molecule has 30 heavy (non-hydrogen) atoms. The summed E-state index contributed by atoms with van der Waals surface area (Å²) in [5.41, 5.74) is 7.21. The van der Waals surface area contributed by atoms with Gasteiger partial charge in [0.05, 0.1) is 41.8 Å². The summed E-state index contributed by atoms with van der Waals surface area (Å²) in [5.74, 6) is 0.682. The molecule has 3 heterocycles. The molecule has 0 fully saturated rings. The minimum atomic E-state index is 0.573. The lowest BCUT2D eigenvalue weighted by atomic mass is 10.0. The third kappa shape index (κ3) is 3.26. The van der Waals surface area contributed by atoms with Gasteiger partial charge >= 0.3 is 0 Å². The summed E-state index contributed by atoms with van der Waals surface area (Å²) in [6, 6.07) is 20.6. The molecule has 5 rings (SSSR count). The van der Waals surface area contributed by atoms with Gasteiger partial charge in [0.1, 0.15) is 0 Å². The highest BCUT2D eigenvalue weighted by Gasteiger charge is 2.21. The van der Waals surface area contributed by atoms with E-state index < -0.39 is 0 Å². The highest BCUT2D eigenvalue weighted by molar-refractivity contribution is 5.88. The number of fused-ring (bicyclic) bond motifs is 2. The van der Waals surface area contributed by atoms with Crippen molar-refractivity contribution in [3.63, 3.8) is 0 Å². The van der Waals surface area contributed by atoms with Gasteiger partial charge in [-0.1, -0.05) is 36.4 Å². The quantitative estimate of drug-likeness (QED) is 0.513. The van der Waals surface area contributed by atoms with Crippen molar-refractivity contribution in [2.24, 2.45) is 0 Å². The first-order valence-corrected chi connectivity index (χ1v) is 10.3. The van der Waals surface area contributed by atoms with E-state index in [4.69, 9.17) is 14.7 Å². The van der Waals surface area contributed by atoms with Gasteiger partial charge in [0, 0.05) is 23.1 Å². The molecule has 5 heteroatoms. The first-order chi connectivity index (χ1) is 14.7. The lowest BCUT2D eigenvalue weighted by Crippen LogP contribution is -2.19. The molecule has 0 saturated heterocycles. The van der Waals surface area contributed by atoms with Crippen LogP contribution in [0.5, 0.6) is 0 Å². The summed E-state index contributed by atoms with van der Waals surface area (Å²) < 4.78 is 7.79. The number of rotatable bonds is 4. The second kappa shape index (κ2) is 7.74. The number of nitriles is 1. The van der Waals surface area contributed by atoms with E-state index >= 15 is 0 Å². The van der Waals surface area contributed by atoms with E-state index in [1.165, 1.54) is 5.56 Å².